The SMILES string of the molecule is CC.N=C(S(=O)C1CCCCC1)S(=O)(=O)CCCCCCS(=O)C(=N)S(=O)(=O)C1CCCCCC1. The second-order valence-corrected chi connectivity index (χ2v) is 17.0. The van der Waals surface area contributed by atoms with Gasteiger partial charge in [0, 0.05) is 11.0 Å². The van der Waals surface area contributed by atoms with Crippen molar-refractivity contribution in [2.24, 2.45) is 0 Å². The number of hydrogen-bond acceptors (Lipinski definition) is 8. The molecule has 0 aliphatic heterocycles. The molecule has 0 aromatic heterocycles. The van der Waals surface area contributed by atoms with E-state index in [1.807, 2.05) is 13.8 Å². The van der Waals surface area contributed by atoms with Crippen LogP contribution in [0.3, 0.4) is 0 Å². The van der Waals surface area contributed by atoms with E-state index in [0.29, 0.717) is 51.4 Å². The zero-order valence-corrected chi connectivity index (χ0v) is 24.5. The molecule has 0 amide bonds. The lowest BCUT2D eigenvalue weighted by molar-refractivity contribution is 0.507. The van der Waals surface area contributed by atoms with Crippen molar-refractivity contribution in [3.8, 4) is 0 Å². The summed E-state index contributed by atoms with van der Waals surface area (Å²) in [6.45, 7) is 4.00. The number of sulfone groups is 2. The van der Waals surface area contributed by atoms with Crippen molar-refractivity contribution in [1.29, 1.82) is 10.8 Å². The van der Waals surface area contributed by atoms with Crippen molar-refractivity contribution >= 4 is 50.0 Å². The Morgan fingerprint density at radius 2 is 1.20 bits per heavy atom. The van der Waals surface area contributed by atoms with Crippen LogP contribution in [0.2, 0.25) is 0 Å². The van der Waals surface area contributed by atoms with E-state index in [1.165, 1.54) is 0 Å². The van der Waals surface area contributed by atoms with Crippen LogP contribution in [-0.2, 0) is 41.3 Å². The zero-order valence-electron chi connectivity index (χ0n) is 21.3. The number of unbranched alkanes of at least 4 members (excludes halogenated alkanes) is 3. The molecule has 2 aliphatic carbocycles. The van der Waals surface area contributed by atoms with E-state index in [0.717, 1.165) is 44.9 Å². The molecule has 0 aromatic carbocycles. The molecule has 0 radical (unpaired) electrons. The third-order valence-electron chi connectivity index (χ3n) is 6.52. The number of rotatable bonds is 9. The van der Waals surface area contributed by atoms with Crippen LogP contribution < -0.4 is 0 Å². The van der Waals surface area contributed by atoms with Crippen LogP contribution in [0.25, 0.3) is 0 Å². The van der Waals surface area contributed by atoms with Gasteiger partial charge >= 0.3 is 0 Å². The van der Waals surface area contributed by atoms with E-state index in [4.69, 9.17) is 10.8 Å². The van der Waals surface area contributed by atoms with Gasteiger partial charge in [-0.05, 0) is 38.5 Å². The Kier molecular flexibility index (Phi) is 15.3. The lowest BCUT2D eigenvalue weighted by atomic mass is 10.0. The summed E-state index contributed by atoms with van der Waals surface area (Å²) in [7, 11) is -11.3. The van der Waals surface area contributed by atoms with E-state index < -0.39 is 55.3 Å². The molecule has 8 nitrogen and oxygen atoms in total. The molecule has 2 saturated carbocycles. The lowest BCUT2D eigenvalue weighted by Crippen LogP contribution is -2.31. The highest BCUT2D eigenvalue weighted by atomic mass is 32.3. The summed E-state index contributed by atoms with van der Waals surface area (Å²) in [6, 6.07) is 0. The van der Waals surface area contributed by atoms with E-state index in [-0.39, 0.29) is 16.8 Å². The summed E-state index contributed by atoms with van der Waals surface area (Å²) in [5, 5.41) is 15.0. The third-order valence-corrected chi connectivity index (χ3v) is 14.8. The first-order valence-electron chi connectivity index (χ1n) is 13.0. The first-order valence-corrected chi connectivity index (χ1v) is 18.7. The molecule has 2 aliphatic rings. The maximum Gasteiger partial charge on any atom is 0.212 e. The highest BCUT2D eigenvalue weighted by molar-refractivity contribution is 8.29. The fourth-order valence-corrected chi connectivity index (χ4v) is 11.5. The quantitative estimate of drug-likeness (QED) is 0.175. The molecule has 35 heavy (non-hydrogen) atoms. The van der Waals surface area contributed by atoms with E-state index in [9.17, 15) is 25.3 Å². The highest BCUT2D eigenvalue weighted by Gasteiger charge is 2.33. The predicted octanol–water partition coefficient (Wildman–Crippen LogP) is 4.83. The molecule has 12 heteroatoms. The van der Waals surface area contributed by atoms with E-state index >= 15 is 0 Å². The minimum absolute atomic E-state index is 0.0685. The monoisotopic (exact) mass is 572 g/mol. The number of nitrogens with one attached hydrogen (secondary N) is 2. The van der Waals surface area contributed by atoms with Gasteiger partial charge in [0.2, 0.25) is 28.4 Å². The molecule has 2 atom stereocenters. The van der Waals surface area contributed by atoms with Crippen LogP contribution in [0.5, 0.6) is 0 Å². The highest BCUT2D eigenvalue weighted by Crippen LogP contribution is 2.25. The summed E-state index contributed by atoms with van der Waals surface area (Å²) in [4.78, 5) is 0. The Labute approximate surface area is 217 Å². The van der Waals surface area contributed by atoms with Gasteiger partial charge in [0.25, 0.3) is 0 Å². The summed E-state index contributed by atoms with van der Waals surface area (Å²) < 4.78 is 73.5. The van der Waals surface area contributed by atoms with Crippen molar-refractivity contribution in [1.82, 2.24) is 0 Å². The Balaban J connectivity index is 0.00000298. The lowest BCUT2D eigenvalue weighted by Gasteiger charge is -2.20. The molecular formula is C23H44N2O6S4. The first-order chi connectivity index (χ1) is 16.6. The third kappa shape index (κ3) is 10.4. The van der Waals surface area contributed by atoms with E-state index in [2.05, 4.69) is 0 Å². The second-order valence-electron chi connectivity index (χ2n) is 9.07. The smallest absolute Gasteiger partial charge is 0.212 e. The van der Waals surface area contributed by atoms with Gasteiger partial charge < -0.3 is 0 Å². The van der Waals surface area contributed by atoms with Gasteiger partial charge in [0.1, 0.15) is 0 Å². The molecule has 0 aromatic rings. The Morgan fingerprint density at radius 1 is 0.714 bits per heavy atom. The predicted molar refractivity (Wildman–Crippen MR) is 147 cm³/mol. The molecule has 0 saturated heterocycles. The molecule has 2 N–H and O–H groups in total. The van der Waals surface area contributed by atoms with Crippen molar-refractivity contribution in [3.05, 3.63) is 0 Å². The second kappa shape index (κ2) is 16.4. The zero-order chi connectivity index (χ0) is 26.5. The molecule has 0 bridgehead atoms. The van der Waals surface area contributed by atoms with Gasteiger partial charge in [-0.25, -0.2) is 16.8 Å². The molecule has 206 valence electrons. The standard InChI is InChI=1S/C21H38N2O6S4.C2H6/c22-20(33(28,29)19-14-8-1-2-9-15-19)30(24)16-10-3-4-11-17-32(26,27)21(23)31(25)18-12-6-5-7-13-18;1-2/h18-19,22-23H,1-17H2;1-2H3. The largest absolute Gasteiger partial charge is 0.282 e. The molecule has 0 heterocycles. The van der Waals surface area contributed by atoms with Gasteiger partial charge in [0.15, 0.2) is 0 Å². The van der Waals surface area contributed by atoms with Crippen LogP contribution in [0.1, 0.15) is 110 Å². The van der Waals surface area contributed by atoms with Gasteiger partial charge in [-0.1, -0.05) is 71.6 Å². The van der Waals surface area contributed by atoms with E-state index in [1.54, 1.807) is 0 Å². The number of hydrogen-bond donors (Lipinski definition) is 2. The van der Waals surface area contributed by atoms with Crippen molar-refractivity contribution < 1.29 is 25.3 Å². The minimum atomic E-state index is -3.85. The maximum atomic E-state index is 12.6. The summed E-state index contributed by atoms with van der Waals surface area (Å²) >= 11 is 0. The molecule has 0 spiro atoms. The van der Waals surface area contributed by atoms with Crippen molar-refractivity contribution in [3.63, 3.8) is 0 Å². The summed E-state index contributed by atoms with van der Waals surface area (Å²) in [5.41, 5.74) is 0. The van der Waals surface area contributed by atoms with Crippen LogP contribution in [0.4, 0.5) is 0 Å². The van der Waals surface area contributed by atoms with Crippen LogP contribution in [0, 0.1) is 10.8 Å². The minimum Gasteiger partial charge on any atom is -0.282 e. The average molecular weight is 573 g/mol. The molecular weight excluding hydrogens is 529 g/mol. The van der Waals surface area contributed by atoms with Crippen molar-refractivity contribution in [2.45, 2.75) is 121 Å². The first kappa shape index (κ1) is 32.6. The normalized spacial score (nSPS) is 20.2. The van der Waals surface area contributed by atoms with Gasteiger partial charge in [-0.3, -0.25) is 19.2 Å². The summed E-state index contributed by atoms with van der Waals surface area (Å²) in [5.74, 6) is -0.168. The Bertz CT molecular complexity index is 933. The average Bonchev–Trinajstić information content (AvgIpc) is 3.16. The van der Waals surface area contributed by atoms with Crippen LogP contribution >= 0.6 is 0 Å². The Hall–Kier alpha value is -0.460. The molecule has 2 rings (SSSR count). The molecule has 2 unspecified atom stereocenters. The van der Waals surface area contributed by atoms with Gasteiger partial charge in [-0.15, -0.1) is 0 Å². The Morgan fingerprint density at radius 3 is 1.77 bits per heavy atom. The maximum absolute atomic E-state index is 12.6. The van der Waals surface area contributed by atoms with Crippen molar-refractivity contribution in [2.75, 3.05) is 11.5 Å². The fraction of sp³-hybridized carbons (Fsp3) is 0.913. The van der Waals surface area contributed by atoms with Crippen LogP contribution in [0.15, 0.2) is 0 Å². The molecule has 2 fully saturated rings. The summed E-state index contributed by atoms with van der Waals surface area (Å²) in [6.07, 6.45) is 10.8. The van der Waals surface area contributed by atoms with Gasteiger partial charge in [0.05, 0.1) is 32.6 Å². The van der Waals surface area contributed by atoms with Gasteiger partial charge in [-0.2, -0.15) is 0 Å². The topological polar surface area (TPSA) is 150 Å². The van der Waals surface area contributed by atoms with Crippen LogP contribution in [-0.4, -0.2) is 56.0 Å². The fourth-order valence-electron chi connectivity index (χ4n) is 4.45.